The van der Waals surface area contributed by atoms with Crippen LogP contribution in [0.5, 0.6) is 0 Å². The summed E-state index contributed by atoms with van der Waals surface area (Å²) in [6.07, 6.45) is 1.53. The highest BCUT2D eigenvalue weighted by molar-refractivity contribution is 6.32. The summed E-state index contributed by atoms with van der Waals surface area (Å²) in [6, 6.07) is 6.14. The number of benzene rings is 1. The van der Waals surface area contributed by atoms with Crippen molar-refractivity contribution in [3.8, 4) is 0 Å². The molecule has 1 aromatic heterocycles. The highest BCUT2D eigenvalue weighted by Gasteiger charge is 2.19. The summed E-state index contributed by atoms with van der Waals surface area (Å²) < 4.78 is 5.30. The maximum atomic E-state index is 12.0. The van der Waals surface area contributed by atoms with Crippen molar-refractivity contribution in [2.45, 2.75) is 39.2 Å². The van der Waals surface area contributed by atoms with E-state index in [1.165, 1.54) is 0 Å². The third-order valence-electron chi connectivity index (χ3n) is 4.39. The molecule has 1 atom stereocenters. The molecular formula is C18H23ClN2O2. The van der Waals surface area contributed by atoms with Crippen molar-refractivity contribution in [1.82, 2.24) is 10.3 Å². The molecule has 1 unspecified atom stereocenters. The lowest BCUT2D eigenvalue weighted by atomic mass is 10.0. The van der Waals surface area contributed by atoms with E-state index >= 15 is 0 Å². The molecule has 1 fully saturated rings. The molecule has 1 aliphatic heterocycles. The molecular weight excluding hydrogens is 312 g/mol. The van der Waals surface area contributed by atoms with Crippen LogP contribution in [0.2, 0.25) is 5.02 Å². The van der Waals surface area contributed by atoms with Crippen LogP contribution in [-0.4, -0.2) is 24.1 Å². The van der Waals surface area contributed by atoms with Gasteiger partial charge in [0.25, 0.3) is 0 Å². The van der Waals surface area contributed by atoms with Crippen LogP contribution in [0.25, 0.3) is 10.9 Å². The van der Waals surface area contributed by atoms with Gasteiger partial charge in [-0.05, 0) is 42.0 Å². The maximum absolute atomic E-state index is 12.0. The van der Waals surface area contributed by atoms with Crippen molar-refractivity contribution in [2.75, 3.05) is 13.2 Å². The summed E-state index contributed by atoms with van der Waals surface area (Å²) in [6.45, 7) is 6.25. The maximum Gasteiger partial charge on any atom is 0.220 e. The molecule has 4 nitrogen and oxygen atoms in total. The number of hydrogen-bond donors (Lipinski definition) is 2. The second-order valence-electron chi connectivity index (χ2n) is 6.62. The minimum Gasteiger partial charge on any atom is -0.381 e. The van der Waals surface area contributed by atoms with E-state index in [0.717, 1.165) is 40.2 Å². The summed E-state index contributed by atoms with van der Waals surface area (Å²) >= 11 is 6.33. The first-order chi connectivity index (χ1) is 11.0. The van der Waals surface area contributed by atoms with Crippen molar-refractivity contribution < 1.29 is 9.53 Å². The predicted octanol–water partition coefficient (Wildman–Crippen LogP) is 3.99. The van der Waals surface area contributed by atoms with Crippen LogP contribution in [0.1, 0.15) is 43.9 Å². The van der Waals surface area contributed by atoms with E-state index in [-0.39, 0.29) is 5.91 Å². The average Bonchev–Trinajstić information content (AvgIpc) is 3.12. The molecule has 23 heavy (non-hydrogen) atoms. The van der Waals surface area contributed by atoms with Crippen molar-refractivity contribution in [3.05, 3.63) is 34.5 Å². The highest BCUT2D eigenvalue weighted by Crippen LogP contribution is 2.29. The zero-order chi connectivity index (χ0) is 16.4. The normalized spacial score (nSPS) is 18.0. The summed E-state index contributed by atoms with van der Waals surface area (Å²) in [5, 5.41) is 4.85. The number of fused-ring (bicyclic) bond motifs is 1. The van der Waals surface area contributed by atoms with Gasteiger partial charge in [0.2, 0.25) is 5.91 Å². The van der Waals surface area contributed by atoms with Gasteiger partial charge >= 0.3 is 0 Å². The lowest BCUT2D eigenvalue weighted by Gasteiger charge is -2.08. The average molecular weight is 335 g/mol. The lowest BCUT2D eigenvalue weighted by Crippen LogP contribution is -2.25. The van der Waals surface area contributed by atoms with Gasteiger partial charge < -0.3 is 15.0 Å². The fourth-order valence-corrected chi connectivity index (χ4v) is 3.43. The van der Waals surface area contributed by atoms with Crippen LogP contribution >= 0.6 is 11.6 Å². The van der Waals surface area contributed by atoms with Crippen LogP contribution in [0.3, 0.4) is 0 Å². The Balaban J connectivity index is 1.65. The van der Waals surface area contributed by atoms with Gasteiger partial charge in [0, 0.05) is 41.3 Å². The van der Waals surface area contributed by atoms with Crippen LogP contribution in [-0.2, 0) is 16.1 Å². The smallest absolute Gasteiger partial charge is 0.220 e. The van der Waals surface area contributed by atoms with Crippen LogP contribution in [0.15, 0.2) is 18.2 Å². The van der Waals surface area contributed by atoms with E-state index in [0.29, 0.717) is 31.4 Å². The molecule has 5 heteroatoms. The van der Waals surface area contributed by atoms with E-state index in [2.05, 4.69) is 30.2 Å². The van der Waals surface area contributed by atoms with Crippen LogP contribution in [0.4, 0.5) is 0 Å². The Bertz CT molecular complexity index is 702. The number of amides is 1. The molecule has 0 bridgehead atoms. The number of hydrogen-bond acceptors (Lipinski definition) is 2. The molecule has 1 amide bonds. The van der Waals surface area contributed by atoms with Crippen LogP contribution < -0.4 is 5.32 Å². The Morgan fingerprint density at radius 3 is 2.96 bits per heavy atom. The predicted molar refractivity (Wildman–Crippen MR) is 92.8 cm³/mol. The number of carbonyl (C=O) groups excluding carboxylic acids is 1. The monoisotopic (exact) mass is 334 g/mol. The van der Waals surface area contributed by atoms with Gasteiger partial charge in [-0.15, -0.1) is 0 Å². The van der Waals surface area contributed by atoms with E-state index in [1.54, 1.807) is 0 Å². The first-order valence-electron chi connectivity index (χ1n) is 8.18. The number of aromatic amines is 1. The molecule has 0 aliphatic carbocycles. The van der Waals surface area contributed by atoms with Crippen molar-refractivity contribution in [1.29, 1.82) is 0 Å². The standard InChI is InChI=1S/C18H23ClN2O2/c1-11(2)15-8-17-13(7-16(15)19)6-14(21-17)9-20-18(22)5-12-3-4-23-10-12/h6-8,11-12,21H,3-5,9-10H2,1-2H3,(H,20,22). The second-order valence-corrected chi connectivity index (χ2v) is 7.03. The zero-order valence-corrected chi connectivity index (χ0v) is 14.4. The number of H-pyrrole nitrogens is 1. The number of ether oxygens (including phenoxy) is 1. The minimum absolute atomic E-state index is 0.0834. The van der Waals surface area contributed by atoms with E-state index in [9.17, 15) is 4.79 Å². The number of carbonyl (C=O) groups is 1. The van der Waals surface area contributed by atoms with Crippen molar-refractivity contribution in [2.24, 2.45) is 5.92 Å². The molecule has 3 rings (SSSR count). The van der Waals surface area contributed by atoms with Gasteiger partial charge in [-0.3, -0.25) is 4.79 Å². The van der Waals surface area contributed by atoms with E-state index in [4.69, 9.17) is 16.3 Å². The molecule has 0 radical (unpaired) electrons. The van der Waals surface area contributed by atoms with Gasteiger partial charge in [-0.25, -0.2) is 0 Å². The van der Waals surface area contributed by atoms with Gasteiger partial charge in [0.15, 0.2) is 0 Å². The van der Waals surface area contributed by atoms with Crippen LogP contribution in [0, 0.1) is 5.92 Å². The van der Waals surface area contributed by atoms with Gasteiger partial charge in [-0.2, -0.15) is 0 Å². The zero-order valence-electron chi connectivity index (χ0n) is 13.6. The first-order valence-corrected chi connectivity index (χ1v) is 8.56. The Morgan fingerprint density at radius 1 is 1.43 bits per heavy atom. The fourth-order valence-electron chi connectivity index (χ4n) is 3.04. The molecule has 0 spiro atoms. The topological polar surface area (TPSA) is 54.1 Å². The summed E-state index contributed by atoms with van der Waals surface area (Å²) in [5.41, 5.74) is 3.19. The third kappa shape index (κ3) is 3.88. The Labute approximate surface area is 141 Å². The Morgan fingerprint density at radius 2 is 2.26 bits per heavy atom. The molecule has 2 N–H and O–H groups in total. The molecule has 1 aliphatic rings. The molecule has 0 saturated carbocycles. The van der Waals surface area contributed by atoms with Crippen molar-refractivity contribution in [3.63, 3.8) is 0 Å². The van der Waals surface area contributed by atoms with E-state index in [1.807, 2.05) is 12.1 Å². The number of aromatic nitrogens is 1. The third-order valence-corrected chi connectivity index (χ3v) is 4.72. The Hall–Kier alpha value is -1.52. The summed E-state index contributed by atoms with van der Waals surface area (Å²) in [4.78, 5) is 15.4. The van der Waals surface area contributed by atoms with Crippen molar-refractivity contribution >= 4 is 28.4 Å². The quantitative estimate of drug-likeness (QED) is 0.868. The molecule has 2 aromatic rings. The van der Waals surface area contributed by atoms with Gasteiger partial charge in [0.1, 0.15) is 0 Å². The highest BCUT2D eigenvalue weighted by atomic mass is 35.5. The molecule has 124 valence electrons. The SMILES string of the molecule is CC(C)c1cc2[nH]c(CNC(=O)CC3CCOC3)cc2cc1Cl. The number of halogens is 1. The largest absolute Gasteiger partial charge is 0.381 e. The second kappa shape index (κ2) is 6.93. The molecule has 1 aromatic carbocycles. The summed E-state index contributed by atoms with van der Waals surface area (Å²) in [5.74, 6) is 0.831. The number of rotatable bonds is 5. The molecule has 2 heterocycles. The van der Waals surface area contributed by atoms with E-state index < -0.39 is 0 Å². The Kier molecular flexibility index (Phi) is 4.93. The lowest BCUT2D eigenvalue weighted by molar-refractivity contribution is -0.122. The fraction of sp³-hybridized carbons (Fsp3) is 0.500. The van der Waals surface area contributed by atoms with Gasteiger partial charge in [-0.1, -0.05) is 25.4 Å². The number of nitrogens with one attached hydrogen (secondary N) is 2. The minimum atomic E-state index is 0.0834. The molecule has 1 saturated heterocycles. The van der Waals surface area contributed by atoms with Gasteiger partial charge in [0.05, 0.1) is 6.54 Å². The summed E-state index contributed by atoms with van der Waals surface area (Å²) in [7, 11) is 0. The first kappa shape index (κ1) is 16.3.